The van der Waals surface area contributed by atoms with Gasteiger partial charge in [-0.2, -0.15) is 0 Å². The van der Waals surface area contributed by atoms with E-state index in [1.54, 1.807) is 42.5 Å². The topological polar surface area (TPSA) is 75.7 Å². The minimum atomic E-state index is -0.651. The van der Waals surface area contributed by atoms with Crippen LogP contribution < -0.4 is 10.2 Å². The average molecular weight is 399 g/mol. The fourth-order valence-corrected chi connectivity index (χ4v) is 2.89. The molecule has 2 aromatic rings. The maximum absolute atomic E-state index is 12.8. The molecule has 1 aliphatic rings. The van der Waals surface area contributed by atoms with Crippen LogP contribution in [-0.2, 0) is 14.3 Å². The summed E-state index contributed by atoms with van der Waals surface area (Å²) in [6, 6.07) is 15.1. The number of benzene rings is 2. The van der Waals surface area contributed by atoms with Gasteiger partial charge >= 0.3 is 5.97 Å². The fraction of sp³-hybridized carbons (Fsp3) is 0.190. The van der Waals surface area contributed by atoms with Gasteiger partial charge in [-0.3, -0.25) is 9.59 Å². The summed E-state index contributed by atoms with van der Waals surface area (Å²) in [6.07, 6.45) is 1.67. The third-order valence-corrected chi connectivity index (χ3v) is 4.49. The van der Waals surface area contributed by atoms with Crippen molar-refractivity contribution >= 4 is 40.8 Å². The standard InChI is InChI=1S/C21H19ClN2O4/c1-2-3-12-28-21(27)14-8-7-11-16(13-14)24-19(25)17(22)18(20(24)26)23-15-9-5-4-6-10-15/h4-11,13,23H,2-3,12H2,1H3. The average Bonchev–Trinajstić information content (AvgIpc) is 2.92. The van der Waals surface area contributed by atoms with Crippen LogP contribution >= 0.6 is 11.6 Å². The number of hydrogen-bond acceptors (Lipinski definition) is 5. The first-order valence-corrected chi connectivity index (χ1v) is 9.28. The monoisotopic (exact) mass is 398 g/mol. The summed E-state index contributed by atoms with van der Waals surface area (Å²) in [6.45, 7) is 2.32. The first-order valence-electron chi connectivity index (χ1n) is 8.90. The molecule has 0 radical (unpaired) electrons. The van der Waals surface area contributed by atoms with Gasteiger partial charge in [-0.25, -0.2) is 9.69 Å². The summed E-state index contributed by atoms with van der Waals surface area (Å²) < 4.78 is 5.18. The number of esters is 1. The second kappa shape index (κ2) is 8.71. The number of para-hydroxylation sites is 1. The molecule has 6 nitrogen and oxygen atoms in total. The number of nitrogens with zero attached hydrogens (tertiary/aromatic N) is 1. The lowest BCUT2D eigenvalue weighted by atomic mass is 10.2. The van der Waals surface area contributed by atoms with Gasteiger partial charge in [-0.15, -0.1) is 0 Å². The van der Waals surface area contributed by atoms with Crippen LogP contribution in [0.25, 0.3) is 0 Å². The number of carbonyl (C=O) groups is 3. The Hall–Kier alpha value is -3.12. The molecule has 0 saturated carbocycles. The molecule has 0 unspecified atom stereocenters. The summed E-state index contributed by atoms with van der Waals surface area (Å²) in [7, 11) is 0. The molecule has 2 amide bonds. The summed E-state index contributed by atoms with van der Waals surface area (Å²) in [4.78, 5) is 38.5. The van der Waals surface area contributed by atoms with Gasteiger partial charge in [0, 0.05) is 5.69 Å². The fourth-order valence-electron chi connectivity index (χ4n) is 2.68. The zero-order valence-corrected chi connectivity index (χ0v) is 16.0. The zero-order chi connectivity index (χ0) is 20.1. The van der Waals surface area contributed by atoms with Gasteiger partial charge < -0.3 is 10.1 Å². The lowest BCUT2D eigenvalue weighted by Gasteiger charge is -2.16. The Bertz CT molecular complexity index is 940. The summed E-state index contributed by atoms with van der Waals surface area (Å²) in [5, 5.41) is 2.68. The van der Waals surface area contributed by atoms with E-state index in [2.05, 4.69) is 5.32 Å². The van der Waals surface area contributed by atoms with Crippen LogP contribution in [0.4, 0.5) is 11.4 Å². The first kappa shape index (κ1) is 19.6. The molecule has 3 rings (SSSR count). The van der Waals surface area contributed by atoms with Crippen molar-refractivity contribution in [2.45, 2.75) is 19.8 Å². The molecule has 1 aliphatic heterocycles. The molecule has 1 N–H and O–H groups in total. The number of anilines is 2. The van der Waals surface area contributed by atoms with Crippen molar-refractivity contribution in [1.82, 2.24) is 0 Å². The number of hydrogen-bond donors (Lipinski definition) is 1. The Morgan fingerprint density at radius 1 is 1.07 bits per heavy atom. The molecule has 2 aromatic carbocycles. The second-order valence-corrected chi connectivity index (χ2v) is 6.54. The third-order valence-electron chi connectivity index (χ3n) is 4.14. The van der Waals surface area contributed by atoms with E-state index in [1.807, 2.05) is 13.0 Å². The number of imide groups is 1. The number of nitrogens with one attached hydrogen (secondary N) is 1. The minimum absolute atomic E-state index is 0.00575. The number of ether oxygens (including phenoxy) is 1. The Labute approximate surface area is 167 Å². The van der Waals surface area contributed by atoms with Crippen molar-refractivity contribution in [3.05, 3.63) is 70.9 Å². The maximum atomic E-state index is 12.8. The smallest absolute Gasteiger partial charge is 0.338 e. The van der Waals surface area contributed by atoms with Gasteiger partial charge in [-0.1, -0.05) is 49.2 Å². The summed E-state index contributed by atoms with van der Waals surface area (Å²) in [5.41, 5.74) is 1.14. The van der Waals surface area contributed by atoms with Crippen LogP contribution in [-0.4, -0.2) is 24.4 Å². The van der Waals surface area contributed by atoms with E-state index in [0.717, 1.165) is 17.7 Å². The highest BCUT2D eigenvalue weighted by atomic mass is 35.5. The highest BCUT2D eigenvalue weighted by molar-refractivity contribution is 6.53. The molecule has 0 atom stereocenters. The second-order valence-electron chi connectivity index (χ2n) is 6.17. The number of rotatable bonds is 7. The van der Waals surface area contributed by atoms with E-state index in [0.29, 0.717) is 12.3 Å². The van der Waals surface area contributed by atoms with Gasteiger partial charge in [0.1, 0.15) is 10.7 Å². The largest absolute Gasteiger partial charge is 0.462 e. The molecule has 1 heterocycles. The Balaban J connectivity index is 1.81. The lowest BCUT2D eigenvalue weighted by molar-refractivity contribution is -0.120. The molecule has 7 heteroatoms. The number of halogens is 1. The summed E-state index contributed by atoms with van der Waals surface area (Å²) in [5.74, 6) is -1.74. The highest BCUT2D eigenvalue weighted by Crippen LogP contribution is 2.30. The van der Waals surface area contributed by atoms with Gasteiger partial charge in [0.25, 0.3) is 11.8 Å². The van der Waals surface area contributed by atoms with Crippen molar-refractivity contribution in [2.75, 3.05) is 16.8 Å². The van der Waals surface area contributed by atoms with E-state index in [1.165, 1.54) is 6.07 Å². The van der Waals surface area contributed by atoms with Crippen LogP contribution in [0.3, 0.4) is 0 Å². The van der Waals surface area contributed by atoms with Gasteiger partial charge in [-0.05, 0) is 36.8 Å². The quantitative estimate of drug-likeness (QED) is 0.432. The molecule has 0 aromatic heterocycles. The molecule has 0 aliphatic carbocycles. The SMILES string of the molecule is CCCCOC(=O)c1cccc(N2C(=O)C(Cl)=C(Nc3ccccc3)C2=O)c1. The number of amides is 2. The maximum Gasteiger partial charge on any atom is 0.338 e. The van der Waals surface area contributed by atoms with Crippen molar-refractivity contribution in [3.63, 3.8) is 0 Å². The predicted octanol–water partition coefficient (Wildman–Crippen LogP) is 4.08. The van der Waals surface area contributed by atoms with E-state index in [-0.39, 0.29) is 22.0 Å². The molecule has 0 fully saturated rings. The lowest BCUT2D eigenvalue weighted by Crippen LogP contribution is -2.32. The molecule has 0 bridgehead atoms. The third kappa shape index (κ3) is 4.07. The molecule has 0 saturated heterocycles. The van der Waals surface area contributed by atoms with E-state index >= 15 is 0 Å². The van der Waals surface area contributed by atoms with Crippen LogP contribution in [0, 0.1) is 0 Å². The van der Waals surface area contributed by atoms with Crippen LogP contribution in [0.2, 0.25) is 0 Å². The van der Waals surface area contributed by atoms with Crippen LogP contribution in [0.1, 0.15) is 30.1 Å². The highest BCUT2D eigenvalue weighted by Gasteiger charge is 2.39. The Kier molecular flexibility index (Phi) is 6.11. The Morgan fingerprint density at radius 3 is 2.54 bits per heavy atom. The number of unbranched alkanes of at least 4 members (excludes halogenated alkanes) is 1. The molecular formula is C21H19ClN2O4. The Morgan fingerprint density at radius 2 is 1.82 bits per heavy atom. The summed E-state index contributed by atoms with van der Waals surface area (Å²) >= 11 is 6.12. The molecule has 28 heavy (non-hydrogen) atoms. The zero-order valence-electron chi connectivity index (χ0n) is 15.3. The van der Waals surface area contributed by atoms with E-state index < -0.39 is 17.8 Å². The number of carbonyl (C=O) groups excluding carboxylic acids is 3. The molecule has 144 valence electrons. The molecular weight excluding hydrogens is 380 g/mol. The van der Waals surface area contributed by atoms with Crippen LogP contribution in [0.15, 0.2) is 65.3 Å². The predicted molar refractivity (Wildman–Crippen MR) is 107 cm³/mol. The van der Waals surface area contributed by atoms with E-state index in [4.69, 9.17) is 16.3 Å². The van der Waals surface area contributed by atoms with Gasteiger partial charge in [0.05, 0.1) is 17.9 Å². The van der Waals surface area contributed by atoms with Crippen molar-refractivity contribution in [1.29, 1.82) is 0 Å². The van der Waals surface area contributed by atoms with Gasteiger partial charge in [0.2, 0.25) is 0 Å². The molecule has 0 spiro atoms. The van der Waals surface area contributed by atoms with Gasteiger partial charge in [0.15, 0.2) is 0 Å². The van der Waals surface area contributed by atoms with Crippen molar-refractivity contribution in [3.8, 4) is 0 Å². The van der Waals surface area contributed by atoms with Crippen molar-refractivity contribution in [2.24, 2.45) is 0 Å². The first-order chi connectivity index (χ1) is 13.5. The van der Waals surface area contributed by atoms with Crippen LogP contribution in [0.5, 0.6) is 0 Å². The minimum Gasteiger partial charge on any atom is -0.462 e. The van der Waals surface area contributed by atoms with E-state index in [9.17, 15) is 14.4 Å². The normalized spacial score (nSPS) is 13.9. The van der Waals surface area contributed by atoms with Crippen molar-refractivity contribution < 1.29 is 19.1 Å².